The number of nitrogens with zero attached hydrogens (tertiary/aromatic N) is 3. The molecule has 1 aromatic heterocycles. The minimum absolute atomic E-state index is 0.0211. The maximum atomic E-state index is 11.9. The Labute approximate surface area is 149 Å². The zero-order valence-electron chi connectivity index (χ0n) is 13.4. The molecule has 1 aliphatic heterocycles. The van der Waals surface area contributed by atoms with Crippen LogP contribution in [0.1, 0.15) is 18.4 Å². The summed E-state index contributed by atoms with van der Waals surface area (Å²) in [4.78, 5) is 14.3. The minimum Gasteiger partial charge on any atom is -0.374 e. The monoisotopic (exact) mass is 363 g/mol. The van der Waals surface area contributed by atoms with Gasteiger partial charge >= 0.3 is 0 Å². The first kappa shape index (κ1) is 17.0. The molecule has 0 saturated carbocycles. The summed E-state index contributed by atoms with van der Waals surface area (Å²) in [6.07, 6.45) is 3.30. The van der Waals surface area contributed by atoms with Gasteiger partial charge in [0.2, 0.25) is 11.0 Å². The molecule has 0 fully saturated rings. The number of aryl methyl sites for hydroxylation is 1. The first-order valence-electron chi connectivity index (χ1n) is 8.04. The van der Waals surface area contributed by atoms with Crippen LogP contribution < -0.4 is 16.0 Å². The number of aromatic nitrogens is 2. The van der Waals surface area contributed by atoms with Crippen LogP contribution in [0.3, 0.4) is 0 Å². The standard InChI is InChI=1S/C16H21N5OS2/c17-15-19-20-16(24-15)23-11-14(22)18-8-4-10-21-9-3-6-12-5-1-2-7-13(12)21/h1-2,5,7H,3-4,6,8-11H2,(H2,17,19)(H,18,22). The number of hydrogen-bond donors (Lipinski definition) is 2. The average molecular weight is 364 g/mol. The maximum absolute atomic E-state index is 11.9. The highest BCUT2D eigenvalue weighted by molar-refractivity contribution is 8.01. The second kappa shape index (κ2) is 8.34. The summed E-state index contributed by atoms with van der Waals surface area (Å²) in [6.45, 7) is 2.76. The van der Waals surface area contributed by atoms with Gasteiger partial charge in [-0.3, -0.25) is 4.79 Å². The Morgan fingerprint density at radius 1 is 1.38 bits per heavy atom. The second-order valence-electron chi connectivity index (χ2n) is 5.62. The molecule has 0 spiro atoms. The van der Waals surface area contributed by atoms with E-state index in [2.05, 4.69) is 44.7 Å². The van der Waals surface area contributed by atoms with Gasteiger partial charge in [0.1, 0.15) is 0 Å². The van der Waals surface area contributed by atoms with E-state index in [4.69, 9.17) is 5.73 Å². The molecule has 0 bridgehead atoms. The summed E-state index contributed by atoms with van der Waals surface area (Å²) in [6, 6.07) is 8.60. The van der Waals surface area contributed by atoms with Gasteiger partial charge in [-0.25, -0.2) is 0 Å². The zero-order chi connectivity index (χ0) is 16.8. The van der Waals surface area contributed by atoms with E-state index < -0.39 is 0 Å². The number of nitrogen functional groups attached to an aromatic ring is 1. The van der Waals surface area contributed by atoms with Crippen LogP contribution in [0.15, 0.2) is 28.6 Å². The lowest BCUT2D eigenvalue weighted by atomic mass is 10.0. The molecule has 0 saturated heterocycles. The Bertz CT molecular complexity index is 691. The quantitative estimate of drug-likeness (QED) is 0.579. The predicted molar refractivity (Wildman–Crippen MR) is 99.6 cm³/mol. The Balaban J connectivity index is 1.36. The maximum Gasteiger partial charge on any atom is 0.230 e. The number of benzene rings is 1. The molecule has 0 atom stereocenters. The van der Waals surface area contributed by atoms with Gasteiger partial charge < -0.3 is 16.0 Å². The Morgan fingerprint density at radius 2 is 2.25 bits per heavy atom. The molecule has 0 radical (unpaired) electrons. The summed E-state index contributed by atoms with van der Waals surface area (Å²) < 4.78 is 0.729. The SMILES string of the molecule is Nc1nnc(SCC(=O)NCCCN2CCCc3ccccc32)s1. The van der Waals surface area contributed by atoms with Gasteiger partial charge in [-0.1, -0.05) is 41.3 Å². The number of thioether (sulfide) groups is 1. The molecule has 2 heterocycles. The highest BCUT2D eigenvalue weighted by Crippen LogP contribution is 2.26. The van der Waals surface area contributed by atoms with Crippen molar-refractivity contribution in [2.75, 3.05) is 36.0 Å². The van der Waals surface area contributed by atoms with Crippen LogP contribution in [0.4, 0.5) is 10.8 Å². The number of nitrogens with one attached hydrogen (secondary N) is 1. The number of hydrogen-bond acceptors (Lipinski definition) is 7. The normalized spacial score (nSPS) is 13.6. The molecule has 1 amide bonds. The molecular weight excluding hydrogens is 342 g/mol. The van der Waals surface area contributed by atoms with Crippen LogP contribution in [-0.2, 0) is 11.2 Å². The number of anilines is 2. The van der Waals surface area contributed by atoms with E-state index in [-0.39, 0.29) is 5.91 Å². The fraction of sp³-hybridized carbons (Fsp3) is 0.438. The fourth-order valence-electron chi connectivity index (χ4n) is 2.80. The van der Waals surface area contributed by atoms with Gasteiger partial charge in [0.15, 0.2) is 4.34 Å². The number of rotatable bonds is 7. The molecule has 1 aromatic carbocycles. The Hall–Kier alpha value is -1.80. The van der Waals surface area contributed by atoms with Crippen LogP contribution in [0.2, 0.25) is 0 Å². The first-order valence-corrected chi connectivity index (χ1v) is 9.84. The van der Waals surface area contributed by atoms with Crippen LogP contribution in [0.25, 0.3) is 0 Å². The lowest BCUT2D eigenvalue weighted by Crippen LogP contribution is -2.33. The fourth-order valence-corrected chi connectivity index (χ4v) is 4.26. The van der Waals surface area contributed by atoms with E-state index in [0.717, 1.165) is 30.3 Å². The largest absolute Gasteiger partial charge is 0.374 e. The first-order chi connectivity index (χ1) is 11.7. The third kappa shape index (κ3) is 4.61. The van der Waals surface area contributed by atoms with Crippen molar-refractivity contribution >= 4 is 39.8 Å². The topological polar surface area (TPSA) is 84.1 Å². The summed E-state index contributed by atoms with van der Waals surface area (Å²) >= 11 is 2.67. The van der Waals surface area contributed by atoms with E-state index in [1.54, 1.807) is 0 Å². The third-order valence-corrected chi connectivity index (χ3v) is 5.77. The number of nitrogens with two attached hydrogens (primary N) is 1. The highest BCUT2D eigenvalue weighted by atomic mass is 32.2. The number of amides is 1. The van der Waals surface area contributed by atoms with Crippen molar-refractivity contribution in [1.82, 2.24) is 15.5 Å². The molecule has 3 rings (SSSR count). The number of carbonyl (C=O) groups excluding carboxylic acids is 1. The average Bonchev–Trinajstić information content (AvgIpc) is 3.02. The van der Waals surface area contributed by atoms with Crippen LogP contribution in [-0.4, -0.2) is 41.5 Å². The highest BCUT2D eigenvalue weighted by Gasteiger charge is 2.15. The van der Waals surface area contributed by atoms with Gasteiger partial charge in [0.05, 0.1) is 5.75 Å². The minimum atomic E-state index is 0.0211. The van der Waals surface area contributed by atoms with Gasteiger partial charge in [0, 0.05) is 25.3 Å². The molecule has 0 unspecified atom stereocenters. The summed E-state index contributed by atoms with van der Waals surface area (Å²) in [5.74, 6) is 0.370. The number of para-hydroxylation sites is 1. The van der Waals surface area contributed by atoms with E-state index in [1.165, 1.54) is 40.8 Å². The molecule has 3 N–H and O–H groups in total. The molecular formula is C16H21N5OS2. The summed E-state index contributed by atoms with van der Waals surface area (Å²) in [7, 11) is 0. The summed E-state index contributed by atoms with van der Waals surface area (Å²) in [5.41, 5.74) is 8.29. The van der Waals surface area contributed by atoms with E-state index in [0.29, 0.717) is 17.4 Å². The molecule has 0 aliphatic carbocycles. The summed E-state index contributed by atoms with van der Waals surface area (Å²) in [5, 5.41) is 11.0. The van der Waals surface area contributed by atoms with Crippen molar-refractivity contribution in [3.8, 4) is 0 Å². The van der Waals surface area contributed by atoms with Crippen molar-refractivity contribution in [2.24, 2.45) is 0 Å². The smallest absolute Gasteiger partial charge is 0.230 e. The Kier molecular flexibility index (Phi) is 5.92. The van der Waals surface area contributed by atoms with Crippen molar-refractivity contribution < 1.29 is 4.79 Å². The number of carbonyl (C=O) groups is 1. The van der Waals surface area contributed by atoms with E-state index in [1.807, 2.05) is 0 Å². The molecule has 24 heavy (non-hydrogen) atoms. The molecule has 128 valence electrons. The van der Waals surface area contributed by atoms with Gasteiger partial charge in [-0.05, 0) is 30.9 Å². The van der Waals surface area contributed by atoms with Gasteiger partial charge in [-0.2, -0.15) is 0 Å². The predicted octanol–water partition coefficient (Wildman–Crippen LogP) is 2.17. The Morgan fingerprint density at radius 3 is 3.08 bits per heavy atom. The lowest BCUT2D eigenvalue weighted by molar-refractivity contribution is -0.118. The van der Waals surface area contributed by atoms with Crippen molar-refractivity contribution in [2.45, 2.75) is 23.6 Å². The van der Waals surface area contributed by atoms with Crippen LogP contribution in [0, 0.1) is 0 Å². The number of fused-ring (bicyclic) bond motifs is 1. The van der Waals surface area contributed by atoms with Gasteiger partial charge in [0.25, 0.3) is 0 Å². The van der Waals surface area contributed by atoms with E-state index in [9.17, 15) is 4.79 Å². The van der Waals surface area contributed by atoms with Crippen molar-refractivity contribution in [3.05, 3.63) is 29.8 Å². The van der Waals surface area contributed by atoms with Crippen molar-refractivity contribution in [1.29, 1.82) is 0 Å². The molecule has 6 nitrogen and oxygen atoms in total. The van der Waals surface area contributed by atoms with Crippen LogP contribution >= 0.6 is 23.1 Å². The zero-order valence-corrected chi connectivity index (χ0v) is 15.0. The molecule has 2 aromatic rings. The van der Waals surface area contributed by atoms with E-state index >= 15 is 0 Å². The van der Waals surface area contributed by atoms with Gasteiger partial charge in [-0.15, -0.1) is 10.2 Å². The lowest BCUT2D eigenvalue weighted by Gasteiger charge is -2.31. The third-order valence-electron chi connectivity index (χ3n) is 3.88. The molecule has 8 heteroatoms. The van der Waals surface area contributed by atoms with Crippen LogP contribution in [0.5, 0.6) is 0 Å². The molecule has 1 aliphatic rings. The second-order valence-corrected chi connectivity index (χ2v) is 7.85. The van der Waals surface area contributed by atoms with Crippen molar-refractivity contribution in [3.63, 3.8) is 0 Å².